The van der Waals surface area contributed by atoms with Gasteiger partial charge in [0.25, 0.3) is 5.91 Å². The first-order valence-corrected chi connectivity index (χ1v) is 15.8. The molecule has 2 aromatic heterocycles. The lowest BCUT2D eigenvalue weighted by molar-refractivity contribution is -0.411. The van der Waals surface area contributed by atoms with Crippen molar-refractivity contribution in [3.8, 4) is 0 Å². The Morgan fingerprint density at radius 1 is 1.07 bits per heavy atom. The lowest BCUT2D eigenvalue weighted by Crippen LogP contribution is -2.88. The molecule has 4 saturated carbocycles. The van der Waals surface area contributed by atoms with Crippen molar-refractivity contribution in [2.45, 2.75) is 57.0 Å². The number of piperidine rings is 2. The van der Waals surface area contributed by atoms with Gasteiger partial charge in [-0.3, -0.25) is 39.1 Å². The van der Waals surface area contributed by atoms with E-state index < -0.39 is 11.9 Å². The maximum absolute atomic E-state index is 13.6. The van der Waals surface area contributed by atoms with Crippen LogP contribution in [0, 0.1) is 35.0 Å². The number of anilines is 1. The maximum atomic E-state index is 13.6. The van der Waals surface area contributed by atoms with Gasteiger partial charge in [0.1, 0.15) is 6.04 Å². The van der Waals surface area contributed by atoms with Crippen LogP contribution in [0.25, 0.3) is 10.8 Å². The van der Waals surface area contributed by atoms with Crippen molar-refractivity contribution in [1.82, 2.24) is 25.0 Å². The molecule has 0 bridgehead atoms. The molecule has 7 aliphatic rings. The van der Waals surface area contributed by atoms with Crippen LogP contribution in [0.4, 0.5) is 5.69 Å². The number of hydrogen-bond acceptors (Lipinski definition) is 6. The average Bonchev–Trinajstić information content (AvgIpc) is 3.60. The lowest BCUT2D eigenvalue weighted by atomic mass is 9.14. The molecular weight excluding hydrogens is 544 g/mol. The van der Waals surface area contributed by atoms with Crippen LogP contribution < -0.4 is 10.2 Å². The minimum absolute atomic E-state index is 0.0337. The van der Waals surface area contributed by atoms with Gasteiger partial charge >= 0.3 is 0 Å². The fourth-order valence-electron chi connectivity index (χ4n) is 10.5. The maximum Gasteiger partial charge on any atom is 0.259 e. The third-order valence-electron chi connectivity index (χ3n) is 12.5. The largest absolute Gasteiger partial charge is 0.342 e. The molecule has 1 N–H and O–H groups in total. The van der Waals surface area contributed by atoms with Crippen LogP contribution in [-0.2, 0) is 20.8 Å². The normalized spacial score (nSPS) is 35.1. The second kappa shape index (κ2) is 8.09. The standard InChI is InChI=1S/C33H32N6O4/c40-26-5-4-24(30(41)36-26)39-25-14-34-23(18-2-1-3-19(27(18)25)31(39)42)10-16-13-35-38(15-16)17-6-8-37(9-7-17)32(43)33-12-21-20-11-22(33)28(20)29(21)33/h1-3,13-15,17,20-22,24,28-29H,4-12H2,(H,36,40,41). The van der Waals surface area contributed by atoms with Crippen molar-refractivity contribution in [3.05, 3.63) is 53.6 Å². The van der Waals surface area contributed by atoms with Crippen LogP contribution in [-0.4, -0.2) is 62.4 Å². The van der Waals surface area contributed by atoms with Gasteiger partial charge in [-0.15, -0.1) is 0 Å². The summed E-state index contributed by atoms with van der Waals surface area (Å²) in [5.41, 5.74) is 3.11. The first kappa shape index (κ1) is 24.4. The number of nitrogens with one attached hydrogen (secondary N) is 1. The Kier molecular flexibility index (Phi) is 4.59. The summed E-state index contributed by atoms with van der Waals surface area (Å²) in [7, 11) is 0. The molecule has 218 valence electrons. The molecule has 7 atom stereocenters. The SMILES string of the molecule is O=C1CCC(N2C(=O)c3cccc4c(Cc5cnn(C6CCN(C(=O)C78CC9C%10CC7C%10C98)CC6)c5)ncc2c34)C(=O)N1. The molecule has 1 aromatic carbocycles. The van der Waals surface area contributed by atoms with Crippen molar-refractivity contribution in [2.24, 2.45) is 35.0 Å². The van der Waals surface area contributed by atoms with Gasteiger partial charge in [-0.05, 0) is 73.3 Å². The Labute approximate surface area is 247 Å². The van der Waals surface area contributed by atoms with Crippen LogP contribution in [0.5, 0.6) is 0 Å². The van der Waals surface area contributed by atoms with Gasteiger partial charge in [-0.1, -0.05) is 12.1 Å². The number of rotatable bonds is 5. The summed E-state index contributed by atoms with van der Waals surface area (Å²) < 4.78 is 2.06. The number of carbonyl (C=O) groups is 4. The number of fused-ring (bicyclic) bond motifs is 2. The van der Waals surface area contributed by atoms with Crippen LogP contribution >= 0.6 is 0 Å². The lowest BCUT2D eigenvalue weighted by Gasteiger charge is -2.89. The van der Waals surface area contributed by atoms with Gasteiger partial charge in [0, 0.05) is 48.5 Å². The third-order valence-corrected chi connectivity index (χ3v) is 12.5. The van der Waals surface area contributed by atoms with Gasteiger partial charge in [-0.25, -0.2) is 0 Å². The van der Waals surface area contributed by atoms with E-state index in [2.05, 4.69) is 21.1 Å². The van der Waals surface area contributed by atoms with E-state index in [0.29, 0.717) is 35.9 Å². The van der Waals surface area contributed by atoms with Gasteiger partial charge in [0.15, 0.2) is 0 Å². The van der Waals surface area contributed by atoms with Crippen LogP contribution in [0.3, 0.4) is 0 Å². The smallest absolute Gasteiger partial charge is 0.259 e. The van der Waals surface area contributed by atoms with E-state index in [-0.39, 0.29) is 29.7 Å². The molecule has 3 aliphatic heterocycles. The van der Waals surface area contributed by atoms with E-state index in [0.717, 1.165) is 71.6 Å². The van der Waals surface area contributed by atoms with E-state index in [9.17, 15) is 19.2 Å². The number of hydrogen-bond donors (Lipinski definition) is 1. The zero-order valence-electron chi connectivity index (χ0n) is 23.7. The predicted octanol–water partition coefficient (Wildman–Crippen LogP) is 2.85. The highest BCUT2D eigenvalue weighted by atomic mass is 16.2. The molecule has 4 aliphatic carbocycles. The second-order valence-electron chi connectivity index (χ2n) is 14.0. The quantitative estimate of drug-likeness (QED) is 0.467. The monoisotopic (exact) mass is 576 g/mol. The molecule has 0 radical (unpaired) electrons. The first-order chi connectivity index (χ1) is 20.9. The number of imide groups is 1. The molecule has 43 heavy (non-hydrogen) atoms. The number of amides is 4. The predicted molar refractivity (Wildman–Crippen MR) is 154 cm³/mol. The van der Waals surface area contributed by atoms with Crippen LogP contribution in [0.2, 0.25) is 0 Å². The van der Waals surface area contributed by atoms with Crippen LogP contribution in [0.1, 0.15) is 66.2 Å². The average molecular weight is 577 g/mol. The summed E-state index contributed by atoms with van der Waals surface area (Å²) >= 11 is 0. The van der Waals surface area contributed by atoms with E-state index >= 15 is 0 Å². The first-order valence-electron chi connectivity index (χ1n) is 15.8. The Morgan fingerprint density at radius 2 is 1.93 bits per heavy atom. The zero-order chi connectivity index (χ0) is 28.8. The van der Waals surface area contributed by atoms with Crippen molar-refractivity contribution in [2.75, 3.05) is 18.0 Å². The zero-order valence-corrected chi connectivity index (χ0v) is 23.7. The molecule has 0 spiro atoms. The van der Waals surface area contributed by atoms with E-state index in [1.807, 2.05) is 18.3 Å². The molecule has 7 unspecified atom stereocenters. The van der Waals surface area contributed by atoms with Gasteiger partial charge in [0.2, 0.25) is 17.7 Å². The van der Waals surface area contributed by atoms with E-state index in [4.69, 9.17) is 10.1 Å². The molecule has 10 rings (SSSR count). The fraction of sp³-hybridized carbons (Fsp3) is 0.515. The molecule has 10 nitrogen and oxygen atoms in total. The highest BCUT2D eigenvalue weighted by Gasteiger charge is 2.88. The number of likely N-dealkylation sites (tertiary alicyclic amines) is 1. The molecule has 3 aromatic rings. The molecule has 6 fully saturated rings. The summed E-state index contributed by atoms with van der Waals surface area (Å²) in [6, 6.07) is 5.17. The summed E-state index contributed by atoms with van der Waals surface area (Å²) in [6.45, 7) is 1.62. The summed E-state index contributed by atoms with van der Waals surface area (Å²) in [6.07, 6.45) is 11.1. The minimum atomic E-state index is -0.729. The van der Waals surface area contributed by atoms with Crippen molar-refractivity contribution in [3.63, 3.8) is 0 Å². The Balaban J connectivity index is 0.855. The topological polar surface area (TPSA) is 118 Å². The number of benzene rings is 1. The second-order valence-corrected chi connectivity index (χ2v) is 14.0. The number of pyridine rings is 1. The highest BCUT2D eigenvalue weighted by Crippen LogP contribution is 2.90. The van der Waals surface area contributed by atoms with E-state index in [1.54, 1.807) is 12.3 Å². The van der Waals surface area contributed by atoms with Gasteiger partial charge in [0.05, 0.1) is 35.2 Å². The molecular formula is C33H32N6O4. The van der Waals surface area contributed by atoms with Gasteiger partial charge in [-0.2, -0.15) is 5.10 Å². The molecule has 10 heteroatoms. The number of carbonyl (C=O) groups excluding carboxylic acids is 4. The highest BCUT2D eigenvalue weighted by molar-refractivity contribution is 6.27. The Morgan fingerprint density at radius 3 is 2.67 bits per heavy atom. The number of aromatic nitrogens is 3. The third kappa shape index (κ3) is 2.90. The number of nitrogens with zero attached hydrogens (tertiary/aromatic N) is 5. The van der Waals surface area contributed by atoms with E-state index in [1.165, 1.54) is 17.7 Å². The fourth-order valence-corrected chi connectivity index (χ4v) is 10.5. The summed E-state index contributed by atoms with van der Waals surface area (Å²) in [4.78, 5) is 59.8. The minimum Gasteiger partial charge on any atom is -0.342 e. The summed E-state index contributed by atoms with van der Waals surface area (Å²) in [5.74, 6) is 3.65. The summed E-state index contributed by atoms with van der Waals surface area (Å²) in [5, 5.41) is 8.78. The molecule has 2 saturated heterocycles. The van der Waals surface area contributed by atoms with Crippen molar-refractivity contribution < 1.29 is 19.2 Å². The van der Waals surface area contributed by atoms with Gasteiger partial charge < -0.3 is 4.90 Å². The van der Waals surface area contributed by atoms with Crippen molar-refractivity contribution in [1.29, 1.82) is 0 Å². The Bertz CT molecular complexity index is 1790. The molecule has 4 amide bonds. The van der Waals surface area contributed by atoms with Crippen LogP contribution in [0.15, 0.2) is 36.8 Å². The molecule has 5 heterocycles. The Hall–Kier alpha value is -4.08. The van der Waals surface area contributed by atoms with Crippen molar-refractivity contribution >= 4 is 40.1 Å².